The highest BCUT2D eigenvalue weighted by atomic mass is 35.5. The van der Waals surface area contributed by atoms with Gasteiger partial charge in [0.05, 0.1) is 24.3 Å². The summed E-state index contributed by atoms with van der Waals surface area (Å²) in [5.41, 5.74) is 2.54. The second-order valence-corrected chi connectivity index (χ2v) is 8.20. The Hall–Kier alpha value is -3.12. The Balaban J connectivity index is 1.39. The first-order valence-electron chi connectivity index (χ1n) is 10.5. The van der Waals surface area contributed by atoms with E-state index < -0.39 is 0 Å². The molecular formula is C24H25ClN4O2. The van der Waals surface area contributed by atoms with Crippen LogP contribution < -0.4 is 15.8 Å². The summed E-state index contributed by atoms with van der Waals surface area (Å²) in [7, 11) is 0. The Kier molecular flexibility index (Phi) is 6.67. The van der Waals surface area contributed by atoms with Crippen molar-refractivity contribution >= 4 is 23.2 Å². The maximum atomic E-state index is 12.7. The van der Waals surface area contributed by atoms with Crippen LogP contribution >= 0.6 is 11.6 Å². The van der Waals surface area contributed by atoms with Gasteiger partial charge in [-0.05, 0) is 30.0 Å². The van der Waals surface area contributed by atoms with Crippen LogP contribution in [0.15, 0.2) is 71.7 Å². The molecule has 0 unspecified atom stereocenters. The zero-order valence-electron chi connectivity index (χ0n) is 17.2. The Morgan fingerprint density at radius 1 is 1.13 bits per heavy atom. The number of piperidine rings is 1. The highest BCUT2D eigenvalue weighted by Gasteiger charge is 2.26. The Bertz CT molecular complexity index is 1100. The lowest BCUT2D eigenvalue weighted by Gasteiger charge is -2.33. The summed E-state index contributed by atoms with van der Waals surface area (Å²) in [6, 6.07) is 18.9. The third-order valence-corrected chi connectivity index (χ3v) is 5.97. The molecule has 1 N–H and O–H groups in total. The number of halogens is 1. The van der Waals surface area contributed by atoms with Crippen molar-refractivity contribution in [3.8, 4) is 0 Å². The molecule has 1 atom stereocenters. The highest BCUT2D eigenvalue weighted by molar-refractivity contribution is 6.31. The molecule has 0 spiro atoms. The number of hydrogen-bond donors (Lipinski definition) is 1. The normalized spacial score (nSPS) is 16.2. The topological polar surface area (TPSA) is 67.2 Å². The minimum Gasteiger partial charge on any atom is -0.369 e. The lowest BCUT2D eigenvalue weighted by atomic mass is 9.96. The van der Waals surface area contributed by atoms with E-state index >= 15 is 0 Å². The first kappa shape index (κ1) is 21.1. The fourth-order valence-corrected chi connectivity index (χ4v) is 4.07. The predicted molar refractivity (Wildman–Crippen MR) is 122 cm³/mol. The number of hydrogen-bond acceptors (Lipinski definition) is 4. The van der Waals surface area contributed by atoms with E-state index in [1.54, 1.807) is 12.3 Å². The van der Waals surface area contributed by atoms with Gasteiger partial charge in [-0.15, -0.1) is 0 Å². The average molecular weight is 437 g/mol. The molecular weight excluding hydrogens is 412 g/mol. The number of nitrogens with one attached hydrogen (secondary N) is 1. The summed E-state index contributed by atoms with van der Waals surface area (Å²) in [4.78, 5) is 27.4. The van der Waals surface area contributed by atoms with Crippen LogP contribution in [-0.4, -0.2) is 28.8 Å². The molecule has 2 aromatic carbocycles. The minimum atomic E-state index is -0.147. The second kappa shape index (κ2) is 9.79. The van der Waals surface area contributed by atoms with Crippen LogP contribution in [0.1, 0.15) is 24.0 Å². The number of amides is 1. The molecule has 1 aliphatic rings. The maximum absolute atomic E-state index is 12.7. The van der Waals surface area contributed by atoms with E-state index in [0.29, 0.717) is 24.7 Å². The largest absolute Gasteiger partial charge is 0.369 e. The highest BCUT2D eigenvalue weighted by Crippen LogP contribution is 2.22. The van der Waals surface area contributed by atoms with E-state index in [1.807, 2.05) is 54.6 Å². The number of aromatic nitrogens is 2. The smallest absolute Gasteiger partial charge is 0.269 e. The van der Waals surface area contributed by atoms with E-state index in [1.165, 1.54) is 4.68 Å². The van der Waals surface area contributed by atoms with Crippen molar-refractivity contribution in [2.45, 2.75) is 25.9 Å². The standard InChI is InChI=1S/C24H25ClN4O2/c25-22-11-5-4-9-19(22)14-26-24(31)20-10-6-12-28(17-20)21-13-23(30)29(27-15-21)16-18-7-2-1-3-8-18/h1-5,7-9,11,13,15,20H,6,10,12,14,16-17H2,(H,26,31)/t20-/m1/s1. The van der Waals surface area contributed by atoms with Gasteiger partial charge in [0.1, 0.15) is 0 Å². The summed E-state index contributed by atoms with van der Waals surface area (Å²) < 4.78 is 1.45. The minimum absolute atomic E-state index is 0.00926. The van der Waals surface area contributed by atoms with E-state index in [2.05, 4.69) is 15.3 Å². The zero-order valence-corrected chi connectivity index (χ0v) is 18.0. The average Bonchev–Trinajstić information content (AvgIpc) is 2.80. The third kappa shape index (κ3) is 5.33. The molecule has 0 aliphatic carbocycles. The summed E-state index contributed by atoms with van der Waals surface area (Å²) in [5, 5.41) is 8.00. The molecule has 6 nitrogen and oxygen atoms in total. The predicted octanol–water partition coefficient (Wildman–Crippen LogP) is 3.48. The Labute approximate surface area is 186 Å². The van der Waals surface area contributed by atoms with Gasteiger partial charge in [0, 0.05) is 30.7 Å². The molecule has 0 saturated carbocycles. The van der Waals surface area contributed by atoms with Crippen molar-refractivity contribution in [3.63, 3.8) is 0 Å². The SMILES string of the molecule is O=C(NCc1ccccc1Cl)[C@@H]1CCCN(c2cnn(Cc3ccccc3)c(=O)c2)C1. The summed E-state index contributed by atoms with van der Waals surface area (Å²) in [6.07, 6.45) is 3.43. The number of carbonyl (C=O) groups is 1. The lowest BCUT2D eigenvalue weighted by molar-refractivity contribution is -0.125. The van der Waals surface area contributed by atoms with Crippen LogP contribution in [0.2, 0.25) is 5.02 Å². The molecule has 7 heteroatoms. The summed E-state index contributed by atoms with van der Waals surface area (Å²) in [6.45, 7) is 2.22. The van der Waals surface area contributed by atoms with Gasteiger partial charge in [0.15, 0.2) is 0 Å². The number of rotatable bonds is 6. The lowest BCUT2D eigenvalue weighted by Crippen LogP contribution is -2.43. The molecule has 2 heterocycles. The van der Waals surface area contributed by atoms with Crippen LogP contribution in [0, 0.1) is 5.92 Å². The van der Waals surface area contributed by atoms with Crippen molar-refractivity contribution in [3.05, 3.63) is 93.4 Å². The van der Waals surface area contributed by atoms with Crippen LogP contribution in [0.5, 0.6) is 0 Å². The zero-order chi connectivity index (χ0) is 21.6. The number of benzene rings is 2. The molecule has 1 amide bonds. The molecule has 4 rings (SSSR count). The van der Waals surface area contributed by atoms with E-state index in [0.717, 1.165) is 36.2 Å². The van der Waals surface area contributed by atoms with Crippen LogP contribution in [-0.2, 0) is 17.9 Å². The van der Waals surface area contributed by atoms with Crippen LogP contribution in [0.3, 0.4) is 0 Å². The van der Waals surface area contributed by atoms with Gasteiger partial charge in [-0.1, -0.05) is 60.1 Å². The Morgan fingerprint density at radius 3 is 2.68 bits per heavy atom. The molecule has 31 heavy (non-hydrogen) atoms. The van der Waals surface area contributed by atoms with Gasteiger partial charge in [0.25, 0.3) is 5.56 Å². The molecule has 1 fully saturated rings. The van der Waals surface area contributed by atoms with E-state index in [-0.39, 0.29) is 17.4 Å². The van der Waals surface area contributed by atoms with E-state index in [4.69, 9.17) is 11.6 Å². The number of carbonyl (C=O) groups excluding carboxylic acids is 1. The van der Waals surface area contributed by atoms with Gasteiger partial charge < -0.3 is 10.2 Å². The van der Waals surface area contributed by atoms with Crippen LogP contribution in [0.25, 0.3) is 0 Å². The summed E-state index contributed by atoms with van der Waals surface area (Å²) >= 11 is 6.18. The van der Waals surface area contributed by atoms with Crippen molar-refractivity contribution in [1.82, 2.24) is 15.1 Å². The van der Waals surface area contributed by atoms with Gasteiger partial charge in [-0.25, -0.2) is 4.68 Å². The van der Waals surface area contributed by atoms with Gasteiger partial charge in [0.2, 0.25) is 5.91 Å². The Morgan fingerprint density at radius 2 is 1.90 bits per heavy atom. The quantitative estimate of drug-likeness (QED) is 0.642. The molecule has 1 aliphatic heterocycles. The van der Waals surface area contributed by atoms with Gasteiger partial charge in [-0.2, -0.15) is 5.10 Å². The molecule has 3 aromatic rings. The second-order valence-electron chi connectivity index (χ2n) is 7.79. The first-order valence-corrected chi connectivity index (χ1v) is 10.8. The maximum Gasteiger partial charge on any atom is 0.269 e. The van der Waals surface area contributed by atoms with E-state index in [9.17, 15) is 9.59 Å². The number of nitrogens with zero attached hydrogens (tertiary/aromatic N) is 3. The van der Waals surface area contributed by atoms with Crippen LogP contribution in [0.4, 0.5) is 5.69 Å². The van der Waals surface area contributed by atoms with Crippen molar-refractivity contribution in [2.24, 2.45) is 5.92 Å². The van der Waals surface area contributed by atoms with Gasteiger partial charge in [-0.3, -0.25) is 9.59 Å². The number of anilines is 1. The summed E-state index contributed by atoms with van der Waals surface area (Å²) in [5.74, 6) is -0.127. The molecule has 1 saturated heterocycles. The fraction of sp³-hybridized carbons (Fsp3) is 0.292. The monoisotopic (exact) mass is 436 g/mol. The molecule has 0 radical (unpaired) electrons. The molecule has 160 valence electrons. The van der Waals surface area contributed by atoms with Gasteiger partial charge >= 0.3 is 0 Å². The first-order chi connectivity index (χ1) is 15.1. The third-order valence-electron chi connectivity index (χ3n) is 5.60. The molecule has 1 aromatic heterocycles. The van der Waals surface area contributed by atoms with Crippen molar-refractivity contribution in [2.75, 3.05) is 18.0 Å². The fourth-order valence-electron chi connectivity index (χ4n) is 3.87. The van der Waals surface area contributed by atoms with Crippen molar-refractivity contribution in [1.29, 1.82) is 0 Å². The van der Waals surface area contributed by atoms with Crippen molar-refractivity contribution < 1.29 is 4.79 Å². The molecule has 0 bridgehead atoms.